The van der Waals surface area contributed by atoms with Crippen LogP contribution in [0.2, 0.25) is 0 Å². The maximum absolute atomic E-state index is 11.6. The zero-order chi connectivity index (χ0) is 23.7. The summed E-state index contributed by atoms with van der Waals surface area (Å²) in [5.41, 5.74) is 3.91. The molecule has 0 radical (unpaired) electrons. The summed E-state index contributed by atoms with van der Waals surface area (Å²) in [6, 6.07) is 30.5. The maximum Gasteiger partial charge on any atom is 0.142 e. The van der Waals surface area contributed by atoms with Gasteiger partial charge >= 0.3 is 0 Å². The van der Waals surface area contributed by atoms with E-state index in [-0.39, 0.29) is 10.8 Å². The van der Waals surface area contributed by atoms with Gasteiger partial charge in [0.15, 0.2) is 0 Å². The smallest absolute Gasteiger partial charge is 0.142 e. The SMILES string of the molecule is CC12CCC(CC1=O)C2(C)C.O=C/C=C\c1ccccc1.c1ccc(-c2ccccc2)cc1. The highest BCUT2D eigenvalue weighted by Gasteiger charge is 2.61. The molecule has 0 aliphatic heterocycles. The van der Waals surface area contributed by atoms with Crippen LogP contribution in [0.3, 0.4) is 0 Å². The molecule has 2 aliphatic rings. The minimum atomic E-state index is 0.0255. The molecule has 2 heteroatoms. The summed E-state index contributed by atoms with van der Waals surface area (Å²) >= 11 is 0. The van der Waals surface area contributed by atoms with Crippen LogP contribution >= 0.6 is 0 Å². The Hall–Kier alpha value is -3.26. The summed E-state index contributed by atoms with van der Waals surface area (Å²) in [6.07, 6.45) is 7.28. The average Bonchev–Trinajstić information content (AvgIpc) is 3.18. The number of hydrogen-bond acceptors (Lipinski definition) is 2. The van der Waals surface area contributed by atoms with Gasteiger partial charge in [0.1, 0.15) is 12.1 Å². The fourth-order valence-electron chi connectivity index (χ4n) is 4.88. The highest BCUT2D eigenvalue weighted by Crippen LogP contribution is 2.63. The number of ketones is 1. The number of aldehydes is 1. The van der Waals surface area contributed by atoms with Crippen LogP contribution in [0, 0.1) is 16.7 Å². The average molecular weight is 439 g/mol. The van der Waals surface area contributed by atoms with Crippen LogP contribution in [0.5, 0.6) is 0 Å². The monoisotopic (exact) mass is 438 g/mol. The third-order valence-electron chi connectivity index (χ3n) is 7.53. The number of fused-ring (bicyclic) bond motifs is 2. The van der Waals surface area contributed by atoms with Crippen LogP contribution in [0.1, 0.15) is 45.6 Å². The molecule has 2 bridgehead atoms. The largest absolute Gasteiger partial charge is 0.299 e. The van der Waals surface area contributed by atoms with Crippen molar-refractivity contribution in [2.24, 2.45) is 16.7 Å². The Balaban J connectivity index is 0.000000140. The Labute approximate surface area is 198 Å². The van der Waals surface area contributed by atoms with Gasteiger partial charge in [0.25, 0.3) is 0 Å². The second-order valence-corrected chi connectivity index (χ2v) is 9.55. The fourth-order valence-corrected chi connectivity index (χ4v) is 4.88. The molecule has 2 saturated carbocycles. The molecule has 0 saturated heterocycles. The maximum atomic E-state index is 11.6. The third kappa shape index (κ3) is 5.76. The molecule has 0 spiro atoms. The first-order valence-electron chi connectivity index (χ1n) is 11.7. The van der Waals surface area contributed by atoms with Gasteiger partial charge in [0.05, 0.1) is 0 Å². The molecule has 170 valence electrons. The van der Waals surface area contributed by atoms with Gasteiger partial charge < -0.3 is 0 Å². The number of Topliss-reactive ketones (excluding diaryl/α,β-unsaturated/α-hetero) is 1. The Morgan fingerprint density at radius 3 is 1.58 bits per heavy atom. The Kier molecular flexibility index (Phi) is 8.16. The lowest BCUT2D eigenvalue weighted by Gasteiger charge is -2.32. The van der Waals surface area contributed by atoms with Crippen molar-refractivity contribution in [2.75, 3.05) is 0 Å². The molecule has 0 heterocycles. The molecule has 3 aromatic rings. The standard InChI is InChI=1S/C12H10.C10H16O.C9H8O/c1-3-7-11(8-4-1)12-9-5-2-6-10-12;1-9(2)7-4-5-10(9,3)8(11)6-7;10-8-4-7-9-5-2-1-3-6-9/h1-10H;7H,4-6H2,1-3H3;1-8H/b;;7-4-. The van der Waals surface area contributed by atoms with Gasteiger partial charge in [-0.15, -0.1) is 0 Å². The van der Waals surface area contributed by atoms with Crippen molar-refractivity contribution in [3.8, 4) is 11.1 Å². The van der Waals surface area contributed by atoms with Crippen LogP contribution in [0.4, 0.5) is 0 Å². The second-order valence-electron chi connectivity index (χ2n) is 9.55. The molecule has 0 N–H and O–H groups in total. The van der Waals surface area contributed by atoms with E-state index >= 15 is 0 Å². The number of carbonyl (C=O) groups is 2. The zero-order valence-electron chi connectivity index (χ0n) is 19.9. The summed E-state index contributed by atoms with van der Waals surface area (Å²) < 4.78 is 0. The first-order valence-corrected chi connectivity index (χ1v) is 11.7. The van der Waals surface area contributed by atoms with Crippen molar-refractivity contribution >= 4 is 18.1 Å². The van der Waals surface area contributed by atoms with Crippen LogP contribution in [-0.4, -0.2) is 12.1 Å². The number of rotatable bonds is 3. The Morgan fingerprint density at radius 1 is 0.758 bits per heavy atom. The topological polar surface area (TPSA) is 34.1 Å². The fraction of sp³-hybridized carbons (Fsp3) is 0.290. The number of benzene rings is 3. The third-order valence-corrected chi connectivity index (χ3v) is 7.53. The molecule has 2 atom stereocenters. The molecule has 2 aliphatic carbocycles. The van der Waals surface area contributed by atoms with Crippen molar-refractivity contribution in [3.63, 3.8) is 0 Å². The van der Waals surface area contributed by atoms with Gasteiger partial charge in [0.2, 0.25) is 0 Å². The van der Waals surface area contributed by atoms with E-state index in [4.69, 9.17) is 0 Å². The molecule has 2 fully saturated rings. The second kappa shape index (κ2) is 11.0. The lowest BCUT2D eigenvalue weighted by Crippen LogP contribution is -2.32. The summed E-state index contributed by atoms with van der Waals surface area (Å²) in [7, 11) is 0. The molecule has 5 rings (SSSR count). The van der Waals surface area contributed by atoms with Crippen LogP contribution < -0.4 is 0 Å². The summed E-state index contributed by atoms with van der Waals surface area (Å²) in [5.74, 6) is 1.19. The minimum Gasteiger partial charge on any atom is -0.299 e. The minimum absolute atomic E-state index is 0.0255. The molecule has 33 heavy (non-hydrogen) atoms. The van der Waals surface area contributed by atoms with Gasteiger partial charge in [-0.25, -0.2) is 0 Å². The van der Waals surface area contributed by atoms with Crippen molar-refractivity contribution in [3.05, 3.63) is 103 Å². The Bertz CT molecular complexity index is 1010. The van der Waals surface area contributed by atoms with Crippen LogP contribution in [-0.2, 0) is 9.59 Å². The number of hydrogen-bond donors (Lipinski definition) is 0. The molecule has 2 unspecified atom stereocenters. The van der Waals surface area contributed by atoms with E-state index in [0.717, 1.165) is 24.7 Å². The predicted octanol–water partition coefficient (Wildman–Crippen LogP) is 7.65. The lowest BCUT2D eigenvalue weighted by atomic mass is 9.70. The number of carbonyl (C=O) groups excluding carboxylic acids is 2. The van der Waals surface area contributed by atoms with Crippen molar-refractivity contribution < 1.29 is 9.59 Å². The van der Waals surface area contributed by atoms with Gasteiger partial charge in [-0.3, -0.25) is 9.59 Å². The van der Waals surface area contributed by atoms with Gasteiger partial charge in [-0.2, -0.15) is 0 Å². The molecule has 3 aromatic carbocycles. The molecular formula is C31H34O2. The Morgan fingerprint density at radius 2 is 1.24 bits per heavy atom. The summed E-state index contributed by atoms with van der Waals surface area (Å²) in [5, 5.41) is 0. The van der Waals surface area contributed by atoms with E-state index in [1.807, 2.05) is 42.5 Å². The first kappa shape index (κ1) is 24.4. The van der Waals surface area contributed by atoms with E-state index in [1.54, 1.807) is 6.08 Å². The van der Waals surface area contributed by atoms with E-state index in [0.29, 0.717) is 11.7 Å². The summed E-state index contributed by atoms with van der Waals surface area (Å²) in [4.78, 5) is 21.5. The molecule has 2 nitrogen and oxygen atoms in total. The quantitative estimate of drug-likeness (QED) is 0.311. The first-order chi connectivity index (χ1) is 15.9. The lowest BCUT2D eigenvalue weighted by molar-refractivity contribution is -0.128. The van der Waals surface area contributed by atoms with Crippen molar-refractivity contribution in [2.45, 2.75) is 40.0 Å². The van der Waals surface area contributed by atoms with Gasteiger partial charge in [-0.05, 0) is 46.9 Å². The van der Waals surface area contributed by atoms with E-state index in [9.17, 15) is 9.59 Å². The van der Waals surface area contributed by atoms with E-state index in [2.05, 4.69) is 69.3 Å². The van der Waals surface area contributed by atoms with Crippen LogP contribution in [0.15, 0.2) is 97.1 Å². The van der Waals surface area contributed by atoms with Crippen LogP contribution in [0.25, 0.3) is 17.2 Å². The highest BCUT2D eigenvalue weighted by atomic mass is 16.1. The van der Waals surface area contributed by atoms with Gasteiger partial charge in [-0.1, -0.05) is 118 Å². The summed E-state index contributed by atoms with van der Waals surface area (Å²) in [6.45, 7) is 6.67. The van der Waals surface area contributed by atoms with Crippen molar-refractivity contribution in [1.82, 2.24) is 0 Å². The molecule has 0 aromatic heterocycles. The highest BCUT2D eigenvalue weighted by molar-refractivity contribution is 5.89. The van der Waals surface area contributed by atoms with Crippen molar-refractivity contribution in [1.29, 1.82) is 0 Å². The van der Waals surface area contributed by atoms with E-state index < -0.39 is 0 Å². The number of allylic oxidation sites excluding steroid dienone is 1. The molecule has 0 amide bonds. The zero-order valence-corrected chi connectivity index (χ0v) is 19.9. The molecular weight excluding hydrogens is 404 g/mol. The normalized spacial score (nSPS) is 22.2. The predicted molar refractivity (Wildman–Crippen MR) is 138 cm³/mol. The van der Waals surface area contributed by atoms with Gasteiger partial charge in [0, 0.05) is 11.8 Å². The van der Waals surface area contributed by atoms with E-state index in [1.165, 1.54) is 23.6 Å².